The molecule has 0 bridgehead atoms. The van der Waals surface area contributed by atoms with Crippen LogP contribution in [-0.2, 0) is 9.31 Å². The minimum absolute atomic E-state index is 0.146. The third-order valence-corrected chi connectivity index (χ3v) is 5.51. The average Bonchev–Trinajstić information content (AvgIpc) is 3.00. The molecular formula is C17H22BClFNO3. The van der Waals surface area contributed by atoms with Crippen LogP contribution in [0.4, 0.5) is 4.39 Å². The molecule has 0 unspecified atom stereocenters. The number of alkyl halides is 1. The highest BCUT2D eigenvalue weighted by molar-refractivity contribution is 6.65. The summed E-state index contributed by atoms with van der Waals surface area (Å²) in [5.74, 6) is -0.190. The van der Waals surface area contributed by atoms with Gasteiger partial charge >= 0.3 is 7.12 Å². The topological polar surface area (TPSA) is 38.8 Å². The molecule has 2 fully saturated rings. The standard InChI is InChI=1S/C17H22BClFNO3/c1-16(2)17(3,4)24-18(23-16)13-9-11(5-6-14(13)19)15(22)21-8-7-12(20)10-21/h5-6,9,12H,7-8,10H2,1-4H3/t12-/m0/s1. The molecule has 24 heavy (non-hydrogen) atoms. The summed E-state index contributed by atoms with van der Waals surface area (Å²) in [5.41, 5.74) is 0.116. The van der Waals surface area contributed by atoms with Gasteiger partial charge in [-0.3, -0.25) is 4.79 Å². The fourth-order valence-electron chi connectivity index (χ4n) is 2.91. The first-order chi connectivity index (χ1) is 11.1. The number of halogens is 2. The molecule has 1 aromatic carbocycles. The SMILES string of the molecule is CC1(C)OB(c2cc(C(=O)N3CC[C@H](F)C3)ccc2Cl)OC1(C)C. The van der Waals surface area contributed by atoms with Crippen molar-refractivity contribution in [2.45, 2.75) is 51.5 Å². The Morgan fingerprint density at radius 3 is 2.46 bits per heavy atom. The molecule has 4 nitrogen and oxygen atoms in total. The fourth-order valence-corrected chi connectivity index (χ4v) is 3.12. The minimum atomic E-state index is -0.941. The van der Waals surface area contributed by atoms with Crippen LogP contribution < -0.4 is 5.46 Å². The van der Waals surface area contributed by atoms with Crippen LogP contribution in [0, 0.1) is 0 Å². The normalized spacial score (nSPS) is 25.3. The Balaban J connectivity index is 1.86. The number of nitrogens with zero attached hydrogens (tertiary/aromatic N) is 1. The summed E-state index contributed by atoms with van der Waals surface area (Å²) in [6.45, 7) is 8.42. The zero-order chi connectivity index (χ0) is 17.7. The number of rotatable bonds is 2. The highest BCUT2D eigenvalue weighted by Gasteiger charge is 2.52. The second kappa shape index (κ2) is 6.01. The van der Waals surface area contributed by atoms with Crippen molar-refractivity contribution in [1.29, 1.82) is 0 Å². The van der Waals surface area contributed by atoms with Crippen molar-refractivity contribution in [2.75, 3.05) is 13.1 Å². The first kappa shape index (κ1) is 17.7. The molecule has 2 aliphatic rings. The first-order valence-electron chi connectivity index (χ1n) is 8.19. The molecule has 0 aromatic heterocycles. The number of carbonyl (C=O) groups excluding carboxylic acids is 1. The van der Waals surface area contributed by atoms with Gasteiger partial charge in [0.25, 0.3) is 5.91 Å². The van der Waals surface area contributed by atoms with Gasteiger partial charge in [0.2, 0.25) is 0 Å². The Bertz CT molecular complexity index is 651. The van der Waals surface area contributed by atoms with Crippen LogP contribution in [0.15, 0.2) is 18.2 Å². The number of benzene rings is 1. The maximum absolute atomic E-state index is 13.4. The Hall–Kier alpha value is -1.11. The highest BCUT2D eigenvalue weighted by atomic mass is 35.5. The average molecular weight is 354 g/mol. The van der Waals surface area contributed by atoms with Gasteiger partial charge in [-0.15, -0.1) is 0 Å². The highest BCUT2D eigenvalue weighted by Crippen LogP contribution is 2.37. The van der Waals surface area contributed by atoms with Crippen molar-refractivity contribution in [3.63, 3.8) is 0 Å². The predicted molar refractivity (Wildman–Crippen MR) is 92.6 cm³/mol. The van der Waals surface area contributed by atoms with Gasteiger partial charge in [-0.25, -0.2) is 4.39 Å². The monoisotopic (exact) mass is 353 g/mol. The van der Waals surface area contributed by atoms with E-state index in [0.717, 1.165) is 0 Å². The summed E-state index contributed by atoms with van der Waals surface area (Å²) in [6, 6.07) is 5.02. The van der Waals surface area contributed by atoms with Gasteiger partial charge in [0.1, 0.15) is 6.17 Å². The third kappa shape index (κ3) is 3.07. The van der Waals surface area contributed by atoms with Crippen LogP contribution in [0.2, 0.25) is 5.02 Å². The van der Waals surface area contributed by atoms with Crippen LogP contribution in [0.25, 0.3) is 0 Å². The number of likely N-dealkylation sites (tertiary alicyclic amines) is 1. The molecule has 0 spiro atoms. The zero-order valence-corrected chi connectivity index (χ0v) is 15.2. The Labute approximate surface area is 147 Å². The molecule has 0 radical (unpaired) electrons. The van der Waals surface area contributed by atoms with E-state index < -0.39 is 24.5 Å². The maximum atomic E-state index is 13.4. The minimum Gasteiger partial charge on any atom is -0.399 e. The van der Waals surface area contributed by atoms with Crippen molar-refractivity contribution >= 4 is 30.1 Å². The van der Waals surface area contributed by atoms with Crippen molar-refractivity contribution in [3.05, 3.63) is 28.8 Å². The lowest BCUT2D eigenvalue weighted by atomic mass is 9.78. The van der Waals surface area contributed by atoms with Crippen molar-refractivity contribution in [3.8, 4) is 0 Å². The lowest BCUT2D eigenvalue weighted by Gasteiger charge is -2.32. The number of hydrogen-bond acceptors (Lipinski definition) is 3. The summed E-state index contributed by atoms with van der Waals surface area (Å²) >= 11 is 6.31. The molecule has 0 N–H and O–H groups in total. The summed E-state index contributed by atoms with van der Waals surface area (Å²) in [6.07, 6.45) is -0.549. The smallest absolute Gasteiger partial charge is 0.399 e. The number of amides is 1. The van der Waals surface area contributed by atoms with Crippen molar-refractivity contribution < 1.29 is 18.5 Å². The molecule has 1 atom stereocenters. The van der Waals surface area contributed by atoms with E-state index in [9.17, 15) is 9.18 Å². The van der Waals surface area contributed by atoms with E-state index in [1.54, 1.807) is 18.2 Å². The second-order valence-electron chi connectivity index (χ2n) is 7.46. The molecule has 0 saturated carbocycles. The molecule has 2 aliphatic heterocycles. The van der Waals surface area contributed by atoms with Crippen LogP contribution >= 0.6 is 11.6 Å². The van der Waals surface area contributed by atoms with Crippen LogP contribution in [-0.4, -0.2) is 48.4 Å². The van der Waals surface area contributed by atoms with Crippen molar-refractivity contribution in [1.82, 2.24) is 4.90 Å². The van der Waals surface area contributed by atoms with Gasteiger partial charge < -0.3 is 14.2 Å². The zero-order valence-electron chi connectivity index (χ0n) is 14.4. The van der Waals surface area contributed by atoms with Gasteiger partial charge in [-0.1, -0.05) is 11.6 Å². The van der Waals surface area contributed by atoms with Crippen LogP contribution in [0.5, 0.6) is 0 Å². The summed E-state index contributed by atoms with van der Waals surface area (Å²) in [7, 11) is -0.636. The number of hydrogen-bond donors (Lipinski definition) is 0. The fraction of sp³-hybridized carbons (Fsp3) is 0.588. The van der Waals surface area contributed by atoms with Crippen LogP contribution in [0.3, 0.4) is 0 Å². The number of carbonyl (C=O) groups is 1. The molecule has 1 amide bonds. The Morgan fingerprint density at radius 1 is 1.29 bits per heavy atom. The Morgan fingerprint density at radius 2 is 1.92 bits per heavy atom. The predicted octanol–water partition coefficient (Wildman–Crippen LogP) is 2.82. The van der Waals surface area contributed by atoms with Gasteiger partial charge in [0, 0.05) is 22.6 Å². The summed E-state index contributed by atoms with van der Waals surface area (Å²) < 4.78 is 25.4. The molecule has 7 heteroatoms. The molecule has 1 aromatic rings. The van der Waals surface area contributed by atoms with E-state index >= 15 is 0 Å². The second-order valence-corrected chi connectivity index (χ2v) is 7.87. The molecule has 0 aliphatic carbocycles. The van der Waals surface area contributed by atoms with Gasteiger partial charge in [0.05, 0.1) is 17.7 Å². The molecule has 130 valence electrons. The molecule has 2 heterocycles. The van der Waals surface area contributed by atoms with E-state index in [2.05, 4.69) is 0 Å². The van der Waals surface area contributed by atoms with E-state index in [-0.39, 0.29) is 12.5 Å². The lowest BCUT2D eigenvalue weighted by Crippen LogP contribution is -2.41. The van der Waals surface area contributed by atoms with Gasteiger partial charge in [-0.05, 0) is 52.3 Å². The molecule has 3 rings (SSSR count). The van der Waals surface area contributed by atoms with E-state index in [0.29, 0.717) is 29.0 Å². The van der Waals surface area contributed by atoms with E-state index in [4.69, 9.17) is 20.9 Å². The van der Waals surface area contributed by atoms with E-state index in [1.807, 2.05) is 27.7 Å². The summed E-state index contributed by atoms with van der Waals surface area (Å²) in [4.78, 5) is 14.1. The lowest BCUT2D eigenvalue weighted by molar-refractivity contribution is 0.00578. The first-order valence-corrected chi connectivity index (χ1v) is 8.57. The Kier molecular flexibility index (Phi) is 4.43. The maximum Gasteiger partial charge on any atom is 0.496 e. The van der Waals surface area contributed by atoms with Crippen molar-refractivity contribution in [2.24, 2.45) is 0 Å². The molecular weight excluding hydrogens is 331 g/mol. The summed E-state index contributed by atoms with van der Waals surface area (Å²) in [5, 5.41) is 0.481. The van der Waals surface area contributed by atoms with Crippen LogP contribution in [0.1, 0.15) is 44.5 Å². The third-order valence-electron chi connectivity index (χ3n) is 5.17. The van der Waals surface area contributed by atoms with Gasteiger partial charge in [0.15, 0.2) is 0 Å². The molecule has 2 saturated heterocycles. The quantitative estimate of drug-likeness (QED) is 0.768. The van der Waals surface area contributed by atoms with E-state index in [1.165, 1.54) is 4.90 Å². The van der Waals surface area contributed by atoms with Gasteiger partial charge in [-0.2, -0.15) is 0 Å². The largest absolute Gasteiger partial charge is 0.496 e.